The zero-order valence-electron chi connectivity index (χ0n) is 60.4. The Morgan fingerprint density at radius 2 is 0.918 bits per heavy atom. The van der Waals surface area contributed by atoms with Crippen LogP contribution in [0.5, 0.6) is 0 Å². The Labute approximate surface area is 589 Å². The van der Waals surface area contributed by atoms with Crippen LogP contribution in [0.1, 0.15) is 160 Å². The average molecular weight is 1320 g/mol. The van der Waals surface area contributed by atoms with Gasteiger partial charge < -0.3 is 0 Å². The number of para-hydroxylation sites is 1. The molecular formula is C87H105N10S+. The summed E-state index contributed by atoms with van der Waals surface area (Å²) in [5, 5.41) is 2.42. The lowest BCUT2D eigenvalue weighted by Gasteiger charge is -2.21. The third-order valence-corrected chi connectivity index (χ3v) is 18.9. The summed E-state index contributed by atoms with van der Waals surface area (Å²) in [7, 11) is 1.95. The number of pyridine rings is 2. The standard InChI is InChI=1S/C14H14S.C11H14.2C10H9N.C7H8N4.C7H6N4.2C7H14.2C7H8/c1-11-7-3-5-9-13(11)15-14-10-6-4-8-12(14)2;1-9-5-4-7-10-6-2-3-8-11(9)10;1-8-4-2-5-9-6-3-7-11-10(8)9;1-8-4-5-9-3-2-6-11-10(9)7-8;1-5-6-7(9-3-8-5)11(2)4-10-6;1-5-6-7(11-4-10-5)9-3-2-8-6;4*1-7-5-3-2-4-6-7/h3-10H,1-2H3;2-3,6,8-9H,4-5,7H2,1H3;2*2-7H,1H3;3-4H,1-2H3;2-4H,1H3;2*7H,2-6H2,1H3;2*2-6H,1H3/p+1. The van der Waals surface area contributed by atoms with Gasteiger partial charge in [0.15, 0.2) is 23.8 Å². The van der Waals surface area contributed by atoms with Crippen LogP contribution < -0.4 is 4.57 Å². The van der Waals surface area contributed by atoms with Gasteiger partial charge >= 0.3 is 5.65 Å². The van der Waals surface area contributed by atoms with Crippen LogP contribution in [0.3, 0.4) is 0 Å². The van der Waals surface area contributed by atoms with Crippen molar-refractivity contribution in [1.29, 1.82) is 0 Å². The fourth-order valence-electron chi connectivity index (χ4n) is 11.6. The van der Waals surface area contributed by atoms with Crippen LogP contribution in [0.25, 0.3) is 44.1 Å². The number of nitrogens with zero attached hydrogens (tertiary/aromatic N) is 9. The molecule has 0 saturated heterocycles. The fourth-order valence-corrected chi connectivity index (χ4v) is 12.6. The quantitative estimate of drug-likeness (QED) is 0.169. The molecule has 0 amide bonds. The molecule has 3 aliphatic rings. The van der Waals surface area contributed by atoms with E-state index < -0.39 is 0 Å². The molecule has 0 aliphatic heterocycles. The molecule has 6 aromatic heterocycles. The third kappa shape index (κ3) is 26.6. The summed E-state index contributed by atoms with van der Waals surface area (Å²) in [4.78, 5) is 38.6. The molecule has 16 rings (SSSR count). The lowest BCUT2D eigenvalue weighted by molar-refractivity contribution is -0.646. The van der Waals surface area contributed by atoms with E-state index in [4.69, 9.17) is 0 Å². The lowest BCUT2D eigenvalue weighted by Crippen LogP contribution is -2.25. The van der Waals surface area contributed by atoms with Crippen LogP contribution in [0.15, 0.2) is 248 Å². The molecule has 508 valence electrons. The number of hydrogen-bond donors (Lipinski definition) is 1. The summed E-state index contributed by atoms with van der Waals surface area (Å²) in [6, 6.07) is 66.9. The Hall–Kier alpha value is -9.32. The smallest absolute Gasteiger partial charge is 0.272 e. The van der Waals surface area contributed by atoms with E-state index in [9.17, 15) is 0 Å². The number of benzene rings is 7. The second kappa shape index (κ2) is 42.4. The zero-order valence-corrected chi connectivity index (χ0v) is 61.2. The maximum absolute atomic E-state index is 4.28. The Kier molecular flexibility index (Phi) is 32.9. The first-order valence-corrected chi connectivity index (χ1v) is 36.0. The number of aryl methyl sites for hydroxylation is 10. The maximum atomic E-state index is 4.28. The average Bonchev–Trinajstić information content (AvgIpc) is 1.20. The van der Waals surface area contributed by atoms with E-state index >= 15 is 0 Å². The molecule has 10 nitrogen and oxygen atoms in total. The van der Waals surface area contributed by atoms with Gasteiger partial charge in [-0.3, -0.25) is 15.0 Å². The van der Waals surface area contributed by atoms with Crippen molar-refractivity contribution < 1.29 is 4.57 Å². The molecule has 1 unspecified atom stereocenters. The van der Waals surface area contributed by atoms with Gasteiger partial charge in [0.25, 0.3) is 0 Å². The van der Waals surface area contributed by atoms with Crippen molar-refractivity contribution in [3.8, 4) is 0 Å². The van der Waals surface area contributed by atoms with E-state index in [0.29, 0.717) is 5.65 Å². The van der Waals surface area contributed by atoms with Gasteiger partial charge in [0.1, 0.15) is 11.8 Å². The van der Waals surface area contributed by atoms with Crippen LogP contribution >= 0.6 is 11.8 Å². The zero-order chi connectivity index (χ0) is 69.7. The molecule has 7 aromatic carbocycles. The molecule has 13 aromatic rings. The van der Waals surface area contributed by atoms with Gasteiger partial charge in [-0.05, 0) is 156 Å². The van der Waals surface area contributed by atoms with Crippen LogP contribution in [0.4, 0.5) is 0 Å². The molecule has 1 N–H and O–H groups in total. The number of fused-ring (bicyclic) bond motifs is 5. The van der Waals surface area contributed by atoms with Crippen molar-refractivity contribution in [3.05, 3.63) is 294 Å². The molecule has 0 radical (unpaired) electrons. The number of rotatable bonds is 2. The summed E-state index contributed by atoms with van der Waals surface area (Å²) < 4.78 is 1.93. The Balaban J connectivity index is 0.000000155. The van der Waals surface area contributed by atoms with E-state index in [1.54, 1.807) is 29.8 Å². The van der Waals surface area contributed by atoms with Crippen molar-refractivity contribution in [2.45, 2.75) is 175 Å². The predicted octanol–water partition coefficient (Wildman–Crippen LogP) is 22.6. The largest absolute Gasteiger partial charge is 0.304 e. The summed E-state index contributed by atoms with van der Waals surface area (Å²) in [5.41, 5.74) is 18.4. The molecule has 0 bridgehead atoms. The van der Waals surface area contributed by atoms with Crippen LogP contribution in [0.2, 0.25) is 0 Å². The molecule has 98 heavy (non-hydrogen) atoms. The van der Waals surface area contributed by atoms with Gasteiger partial charge in [0.05, 0.1) is 29.5 Å². The minimum atomic E-state index is 0.653. The second-order valence-corrected chi connectivity index (χ2v) is 27.1. The molecule has 6 heterocycles. The van der Waals surface area contributed by atoms with Gasteiger partial charge in [0, 0.05) is 45.4 Å². The highest BCUT2D eigenvalue weighted by Gasteiger charge is 2.15. The third-order valence-electron chi connectivity index (χ3n) is 17.5. The summed E-state index contributed by atoms with van der Waals surface area (Å²) >= 11 is 1.84. The molecule has 2 fully saturated rings. The van der Waals surface area contributed by atoms with Crippen LogP contribution in [-0.4, -0.2) is 44.9 Å². The monoisotopic (exact) mass is 1320 g/mol. The van der Waals surface area contributed by atoms with E-state index in [-0.39, 0.29) is 0 Å². The highest BCUT2D eigenvalue weighted by molar-refractivity contribution is 7.99. The summed E-state index contributed by atoms with van der Waals surface area (Å²) in [5.74, 6) is 2.86. The molecule has 11 heteroatoms. The minimum absolute atomic E-state index is 0.653. The van der Waals surface area contributed by atoms with Crippen molar-refractivity contribution >= 4 is 55.9 Å². The summed E-state index contributed by atoms with van der Waals surface area (Å²) in [6.45, 7) is 23.5. The number of hydrogen-bond acceptors (Lipinski definition) is 9. The highest BCUT2D eigenvalue weighted by Crippen LogP contribution is 2.33. The van der Waals surface area contributed by atoms with E-state index in [2.05, 4.69) is 253 Å². The van der Waals surface area contributed by atoms with Gasteiger partial charge in [-0.1, -0.05) is 277 Å². The fraction of sp³-hybridized carbons (Fsp3) is 0.322. The Morgan fingerprint density at radius 3 is 1.47 bits per heavy atom. The molecule has 1 atom stereocenters. The van der Waals surface area contributed by atoms with Crippen molar-refractivity contribution in [2.24, 2.45) is 18.9 Å². The molecule has 2 saturated carbocycles. The van der Waals surface area contributed by atoms with Crippen molar-refractivity contribution in [3.63, 3.8) is 0 Å². The first-order valence-electron chi connectivity index (χ1n) is 35.2. The van der Waals surface area contributed by atoms with Gasteiger partial charge in [0.2, 0.25) is 0 Å². The molecular weight excluding hydrogens is 1220 g/mol. The van der Waals surface area contributed by atoms with E-state index in [1.807, 2.05) is 104 Å². The Morgan fingerprint density at radius 1 is 0.398 bits per heavy atom. The number of imidazole rings is 1. The Bertz CT molecular complexity index is 4180. The number of aromatic nitrogens is 10. The SMILES string of the molecule is CC1CCCCC1.CC1CCCCC1.CC1CCCc2ccccc21.Cc1ccc2cccnc2c1.Cc1cccc2cccnc12.Cc1ccccc1.Cc1ccccc1.Cc1ccccc1Sc1ccccc1C.Cc1ncnc2c1[nH]c[n+]2C.Cc1ncnc2nccnc12. The van der Waals surface area contributed by atoms with E-state index in [1.165, 1.54) is 144 Å². The topological polar surface area (TPSA) is 123 Å². The highest BCUT2D eigenvalue weighted by atomic mass is 32.2. The lowest BCUT2D eigenvalue weighted by atomic mass is 9.84. The van der Waals surface area contributed by atoms with Crippen molar-refractivity contribution in [1.82, 2.24) is 44.9 Å². The number of nitrogens with one attached hydrogen (secondary N) is 1. The first-order chi connectivity index (χ1) is 47.6. The van der Waals surface area contributed by atoms with Gasteiger partial charge in [-0.2, -0.15) is 0 Å². The van der Waals surface area contributed by atoms with Crippen LogP contribution in [0, 0.1) is 67.2 Å². The second-order valence-electron chi connectivity index (χ2n) is 26.0. The van der Waals surface area contributed by atoms with Gasteiger partial charge in [-0.15, -0.1) is 0 Å². The summed E-state index contributed by atoms with van der Waals surface area (Å²) in [6.07, 6.45) is 30.8. The maximum Gasteiger partial charge on any atom is 0.304 e. The van der Waals surface area contributed by atoms with E-state index in [0.717, 1.165) is 56.9 Å². The molecule has 0 spiro atoms. The van der Waals surface area contributed by atoms with Crippen LogP contribution in [-0.2, 0) is 13.5 Å². The van der Waals surface area contributed by atoms with Crippen molar-refractivity contribution in [2.75, 3.05) is 0 Å². The molecule has 3 aliphatic carbocycles. The van der Waals surface area contributed by atoms with Gasteiger partial charge in [-0.25, -0.2) is 29.5 Å². The number of aromatic amines is 1. The first kappa shape index (κ1) is 76.1. The normalized spacial score (nSPS) is 13.7. The minimum Gasteiger partial charge on any atom is -0.272 e. The predicted molar refractivity (Wildman–Crippen MR) is 414 cm³/mol. The number of H-pyrrole nitrogens is 1.